The molecule has 1 saturated heterocycles. The van der Waals surface area contributed by atoms with E-state index < -0.39 is 17.4 Å². The number of hydrogen-bond donors (Lipinski definition) is 2. The summed E-state index contributed by atoms with van der Waals surface area (Å²) in [4.78, 5) is 23.5. The molecule has 0 spiro atoms. The maximum Gasteiger partial charge on any atom is 0.329 e. The highest BCUT2D eigenvalue weighted by atomic mass is 16.5. The minimum atomic E-state index is -1.27. The number of aliphatic carboxylic acids is 1. The largest absolute Gasteiger partial charge is 0.494 e. The SMILES string of the molecule is CCOc1ccc(OCC(=O)NC2(C(=O)O)CCOCC2)cc1. The van der Waals surface area contributed by atoms with E-state index in [1.165, 1.54) is 0 Å². The Morgan fingerprint density at radius 3 is 2.26 bits per heavy atom. The van der Waals surface area contributed by atoms with Crippen molar-refractivity contribution in [2.45, 2.75) is 25.3 Å². The molecule has 1 fully saturated rings. The fourth-order valence-electron chi connectivity index (χ4n) is 2.36. The summed E-state index contributed by atoms with van der Waals surface area (Å²) < 4.78 is 15.8. The number of carbonyl (C=O) groups is 2. The predicted molar refractivity (Wildman–Crippen MR) is 81.7 cm³/mol. The van der Waals surface area contributed by atoms with Crippen LogP contribution in [0.2, 0.25) is 0 Å². The minimum absolute atomic E-state index is 0.246. The first kappa shape index (κ1) is 17.1. The Labute approximate surface area is 134 Å². The van der Waals surface area contributed by atoms with Crippen LogP contribution < -0.4 is 14.8 Å². The number of carboxylic acid groups (broad SMARTS) is 1. The van der Waals surface area contributed by atoms with E-state index in [0.717, 1.165) is 5.75 Å². The molecule has 0 unspecified atom stereocenters. The average Bonchev–Trinajstić information content (AvgIpc) is 2.55. The molecule has 1 heterocycles. The van der Waals surface area contributed by atoms with Gasteiger partial charge in [-0.3, -0.25) is 4.79 Å². The predicted octanol–water partition coefficient (Wildman–Crippen LogP) is 1.21. The first-order valence-electron chi connectivity index (χ1n) is 7.53. The normalized spacial score (nSPS) is 16.4. The summed E-state index contributed by atoms with van der Waals surface area (Å²) >= 11 is 0. The maximum atomic E-state index is 12.0. The van der Waals surface area contributed by atoms with E-state index in [1.54, 1.807) is 24.3 Å². The lowest BCUT2D eigenvalue weighted by Crippen LogP contribution is -2.58. The molecular formula is C16H21NO6. The summed E-state index contributed by atoms with van der Waals surface area (Å²) in [5.74, 6) is -0.283. The third kappa shape index (κ3) is 4.59. The third-order valence-corrected chi connectivity index (χ3v) is 3.64. The molecule has 0 bridgehead atoms. The first-order chi connectivity index (χ1) is 11.1. The van der Waals surface area contributed by atoms with Gasteiger partial charge in [-0.05, 0) is 31.2 Å². The lowest BCUT2D eigenvalue weighted by atomic mass is 9.90. The van der Waals surface area contributed by atoms with E-state index in [1.807, 2.05) is 6.92 Å². The van der Waals surface area contributed by atoms with E-state index in [0.29, 0.717) is 25.6 Å². The first-order valence-corrected chi connectivity index (χ1v) is 7.53. The van der Waals surface area contributed by atoms with Gasteiger partial charge in [0, 0.05) is 26.1 Å². The lowest BCUT2D eigenvalue weighted by molar-refractivity contribution is -0.152. The Bertz CT molecular complexity index is 536. The monoisotopic (exact) mass is 323 g/mol. The van der Waals surface area contributed by atoms with Crippen LogP contribution in [0, 0.1) is 0 Å². The van der Waals surface area contributed by atoms with E-state index in [4.69, 9.17) is 14.2 Å². The second kappa shape index (κ2) is 7.82. The molecule has 1 aliphatic rings. The van der Waals surface area contributed by atoms with Crippen molar-refractivity contribution in [3.63, 3.8) is 0 Å². The molecule has 0 aliphatic carbocycles. The fraction of sp³-hybridized carbons (Fsp3) is 0.500. The molecule has 0 radical (unpaired) electrons. The van der Waals surface area contributed by atoms with E-state index >= 15 is 0 Å². The molecule has 2 rings (SSSR count). The van der Waals surface area contributed by atoms with Gasteiger partial charge < -0.3 is 24.6 Å². The van der Waals surface area contributed by atoms with Gasteiger partial charge in [0.25, 0.3) is 5.91 Å². The van der Waals surface area contributed by atoms with Gasteiger partial charge in [0.15, 0.2) is 6.61 Å². The highest BCUT2D eigenvalue weighted by molar-refractivity contribution is 5.87. The number of rotatable bonds is 7. The number of carboxylic acids is 1. The van der Waals surface area contributed by atoms with Crippen LogP contribution in [-0.2, 0) is 14.3 Å². The van der Waals surface area contributed by atoms with Crippen molar-refractivity contribution in [3.8, 4) is 11.5 Å². The summed E-state index contributed by atoms with van der Waals surface area (Å²) in [6, 6.07) is 6.88. The molecule has 7 heteroatoms. The fourth-order valence-corrected chi connectivity index (χ4v) is 2.36. The highest BCUT2D eigenvalue weighted by Gasteiger charge is 2.41. The van der Waals surface area contributed by atoms with Gasteiger partial charge in [0.1, 0.15) is 17.0 Å². The van der Waals surface area contributed by atoms with Crippen LogP contribution in [0.4, 0.5) is 0 Å². The second-order valence-corrected chi connectivity index (χ2v) is 5.24. The van der Waals surface area contributed by atoms with Crippen molar-refractivity contribution in [3.05, 3.63) is 24.3 Å². The van der Waals surface area contributed by atoms with Crippen molar-refractivity contribution in [2.24, 2.45) is 0 Å². The zero-order chi connectivity index (χ0) is 16.7. The number of ether oxygens (including phenoxy) is 3. The highest BCUT2D eigenvalue weighted by Crippen LogP contribution is 2.21. The molecule has 23 heavy (non-hydrogen) atoms. The smallest absolute Gasteiger partial charge is 0.329 e. The number of hydrogen-bond acceptors (Lipinski definition) is 5. The van der Waals surface area contributed by atoms with Gasteiger partial charge in [-0.15, -0.1) is 0 Å². The molecule has 0 saturated carbocycles. The van der Waals surface area contributed by atoms with Crippen molar-refractivity contribution in [2.75, 3.05) is 26.4 Å². The van der Waals surface area contributed by atoms with Gasteiger partial charge in [-0.1, -0.05) is 0 Å². The van der Waals surface area contributed by atoms with Crippen molar-refractivity contribution >= 4 is 11.9 Å². The van der Waals surface area contributed by atoms with Crippen molar-refractivity contribution < 1.29 is 28.9 Å². The molecule has 0 atom stereocenters. The Hall–Kier alpha value is -2.28. The van der Waals surface area contributed by atoms with Gasteiger partial charge in [0.05, 0.1) is 6.61 Å². The Morgan fingerprint density at radius 1 is 1.17 bits per heavy atom. The minimum Gasteiger partial charge on any atom is -0.494 e. The summed E-state index contributed by atoms with van der Waals surface area (Å²) in [7, 11) is 0. The Morgan fingerprint density at radius 2 is 1.74 bits per heavy atom. The summed E-state index contributed by atoms with van der Waals surface area (Å²) in [6.45, 7) is 2.84. The lowest BCUT2D eigenvalue weighted by Gasteiger charge is -2.33. The average molecular weight is 323 g/mol. The topological polar surface area (TPSA) is 94.1 Å². The molecule has 0 aromatic heterocycles. The van der Waals surface area contributed by atoms with Crippen molar-refractivity contribution in [1.29, 1.82) is 0 Å². The Kier molecular flexibility index (Phi) is 5.81. The van der Waals surface area contributed by atoms with Gasteiger partial charge in [-0.2, -0.15) is 0 Å². The summed E-state index contributed by atoms with van der Waals surface area (Å²) in [5.41, 5.74) is -1.27. The third-order valence-electron chi connectivity index (χ3n) is 3.64. The molecule has 7 nitrogen and oxygen atoms in total. The zero-order valence-electron chi connectivity index (χ0n) is 13.0. The summed E-state index contributed by atoms with van der Waals surface area (Å²) in [6.07, 6.45) is 0.494. The van der Waals surface area contributed by atoms with Crippen LogP contribution >= 0.6 is 0 Å². The van der Waals surface area contributed by atoms with Crippen LogP contribution in [0.25, 0.3) is 0 Å². The van der Waals surface area contributed by atoms with Gasteiger partial charge >= 0.3 is 5.97 Å². The molecule has 1 aliphatic heterocycles. The number of amides is 1. The second-order valence-electron chi connectivity index (χ2n) is 5.24. The number of benzene rings is 1. The van der Waals surface area contributed by atoms with E-state index in [-0.39, 0.29) is 19.4 Å². The van der Waals surface area contributed by atoms with Crippen molar-refractivity contribution in [1.82, 2.24) is 5.32 Å². The molecular weight excluding hydrogens is 302 g/mol. The van der Waals surface area contributed by atoms with Crippen LogP contribution in [-0.4, -0.2) is 48.9 Å². The van der Waals surface area contributed by atoms with Gasteiger partial charge in [-0.25, -0.2) is 4.79 Å². The standard InChI is InChI=1S/C16H21NO6/c1-2-22-12-3-5-13(6-4-12)23-11-14(18)17-16(15(19)20)7-9-21-10-8-16/h3-6H,2,7-11H2,1H3,(H,17,18)(H,19,20). The quantitative estimate of drug-likeness (QED) is 0.783. The summed E-state index contributed by atoms with van der Waals surface area (Å²) in [5, 5.41) is 11.9. The number of carbonyl (C=O) groups excluding carboxylic acids is 1. The van der Waals surface area contributed by atoms with Crippen LogP contribution in [0.1, 0.15) is 19.8 Å². The molecule has 1 aromatic rings. The van der Waals surface area contributed by atoms with E-state index in [9.17, 15) is 14.7 Å². The molecule has 1 amide bonds. The van der Waals surface area contributed by atoms with Gasteiger partial charge in [0.2, 0.25) is 0 Å². The molecule has 1 aromatic carbocycles. The zero-order valence-corrected chi connectivity index (χ0v) is 13.0. The molecule has 2 N–H and O–H groups in total. The maximum absolute atomic E-state index is 12.0. The number of nitrogens with one attached hydrogen (secondary N) is 1. The van der Waals surface area contributed by atoms with Crippen LogP contribution in [0.15, 0.2) is 24.3 Å². The van der Waals surface area contributed by atoms with Crippen LogP contribution in [0.3, 0.4) is 0 Å². The molecule has 126 valence electrons. The van der Waals surface area contributed by atoms with E-state index in [2.05, 4.69) is 5.32 Å². The Balaban J connectivity index is 1.87. The van der Waals surface area contributed by atoms with Crippen LogP contribution in [0.5, 0.6) is 11.5 Å².